The number of anilines is 2. The summed E-state index contributed by atoms with van der Waals surface area (Å²) in [4.78, 5) is 12.3. The van der Waals surface area contributed by atoms with Crippen LogP contribution in [0.25, 0.3) is 0 Å². The minimum absolute atomic E-state index is 0.0544. The molecule has 0 aliphatic rings. The number of hydrogen-bond donors (Lipinski definition) is 2. The van der Waals surface area contributed by atoms with Gasteiger partial charge in [-0.05, 0) is 57.0 Å². The number of carbonyl (C=O) groups excluding carboxylic acids is 1. The van der Waals surface area contributed by atoms with Gasteiger partial charge in [0, 0.05) is 17.9 Å². The number of carbonyl (C=O) groups is 1. The second-order valence-corrected chi connectivity index (χ2v) is 7.96. The first-order valence-corrected chi connectivity index (χ1v) is 10.7. The number of rotatable bonds is 8. The average molecular weight is 410 g/mol. The van der Waals surface area contributed by atoms with Crippen molar-refractivity contribution in [3.05, 3.63) is 65.0 Å². The van der Waals surface area contributed by atoms with Crippen LogP contribution in [-0.2, 0) is 17.9 Å². The van der Waals surface area contributed by atoms with Gasteiger partial charge in [-0.25, -0.2) is 0 Å². The zero-order chi connectivity index (χ0) is 20.8. The zero-order valence-corrected chi connectivity index (χ0v) is 18.1. The Morgan fingerprint density at radius 3 is 2.59 bits per heavy atom. The molecule has 2 aromatic carbocycles. The van der Waals surface area contributed by atoms with Gasteiger partial charge in [-0.3, -0.25) is 4.79 Å². The van der Waals surface area contributed by atoms with Gasteiger partial charge in [0.15, 0.2) is 11.0 Å². The quantitative estimate of drug-likeness (QED) is 0.534. The summed E-state index contributed by atoms with van der Waals surface area (Å²) in [5, 5.41) is 15.7. The molecule has 0 atom stereocenters. The lowest BCUT2D eigenvalue weighted by molar-refractivity contribution is -0.113. The molecule has 0 unspecified atom stereocenters. The van der Waals surface area contributed by atoms with E-state index in [4.69, 9.17) is 0 Å². The molecule has 0 radical (unpaired) electrons. The number of aromatic nitrogens is 3. The fourth-order valence-corrected chi connectivity index (χ4v) is 3.93. The highest BCUT2D eigenvalue weighted by Crippen LogP contribution is 2.20. The van der Waals surface area contributed by atoms with E-state index in [2.05, 4.69) is 59.8 Å². The van der Waals surface area contributed by atoms with Crippen molar-refractivity contribution in [3.8, 4) is 0 Å². The lowest BCUT2D eigenvalue weighted by Crippen LogP contribution is -2.15. The smallest absolute Gasteiger partial charge is 0.234 e. The van der Waals surface area contributed by atoms with Crippen molar-refractivity contribution in [2.24, 2.45) is 0 Å². The van der Waals surface area contributed by atoms with E-state index < -0.39 is 0 Å². The molecule has 3 rings (SSSR count). The molecule has 2 N–H and O–H groups in total. The van der Waals surface area contributed by atoms with Crippen molar-refractivity contribution < 1.29 is 4.79 Å². The summed E-state index contributed by atoms with van der Waals surface area (Å²) in [7, 11) is 0. The van der Waals surface area contributed by atoms with E-state index in [9.17, 15) is 4.79 Å². The predicted octanol–water partition coefficient (Wildman–Crippen LogP) is 4.57. The number of aryl methyl sites for hydroxylation is 3. The lowest BCUT2D eigenvalue weighted by Gasteiger charge is -2.11. The van der Waals surface area contributed by atoms with Crippen molar-refractivity contribution >= 4 is 29.0 Å². The Bertz CT molecular complexity index is 999. The van der Waals surface area contributed by atoms with Gasteiger partial charge in [-0.1, -0.05) is 41.6 Å². The maximum Gasteiger partial charge on any atom is 0.234 e. The molecule has 1 amide bonds. The third kappa shape index (κ3) is 5.60. The number of benzene rings is 2. The predicted molar refractivity (Wildman–Crippen MR) is 119 cm³/mol. The van der Waals surface area contributed by atoms with Crippen LogP contribution < -0.4 is 10.6 Å². The molecule has 0 fully saturated rings. The van der Waals surface area contributed by atoms with Gasteiger partial charge in [0.25, 0.3) is 0 Å². The molecule has 29 heavy (non-hydrogen) atoms. The van der Waals surface area contributed by atoms with Crippen molar-refractivity contribution in [2.75, 3.05) is 16.4 Å². The van der Waals surface area contributed by atoms with Crippen LogP contribution in [0.4, 0.5) is 11.4 Å². The Morgan fingerprint density at radius 2 is 1.86 bits per heavy atom. The van der Waals surface area contributed by atoms with Gasteiger partial charge in [0.2, 0.25) is 5.91 Å². The fraction of sp³-hybridized carbons (Fsp3) is 0.318. The molecule has 3 aromatic rings. The van der Waals surface area contributed by atoms with E-state index >= 15 is 0 Å². The van der Waals surface area contributed by atoms with Gasteiger partial charge in [-0.15, -0.1) is 10.2 Å². The zero-order valence-electron chi connectivity index (χ0n) is 17.3. The lowest BCUT2D eigenvalue weighted by atomic mass is 10.1. The minimum atomic E-state index is -0.0544. The van der Waals surface area contributed by atoms with Gasteiger partial charge >= 0.3 is 0 Å². The van der Waals surface area contributed by atoms with E-state index in [0.717, 1.165) is 34.5 Å². The molecule has 0 aliphatic carbocycles. The van der Waals surface area contributed by atoms with Crippen molar-refractivity contribution in [2.45, 2.75) is 45.9 Å². The maximum atomic E-state index is 12.3. The van der Waals surface area contributed by atoms with Crippen molar-refractivity contribution in [1.29, 1.82) is 0 Å². The second-order valence-electron chi connectivity index (χ2n) is 7.02. The van der Waals surface area contributed by atoms with Crippen LogP contribution in [0.2, 0.25) is 0 Å². The Balaban J connectivity index is 1.59. The first-order valence-electron chi connectivity index (χ1n) is 9.68. The summed E-state index contributed by atoms with van der Waals surface area (Å²) in [6, 6.07) is 14.1. The van der Waals surface area contributed by atoms with Crippen LogP contribution in [0.1, 0.15) is 29.4 Å². The first kappa shape index (κ1) is 20.9. The molecule has 0 aliphatic heterocycles. The molecule has 1 heterocycles. The average Bonchev–Trinajstić information content (AvgIpc) is 3.07. The van der Waals surface area contributed by atoms with Crippen LogP contribution in [0.5, 0.6) is 0 Å². The first-order chi connectivity index (χ1) is 14.0. The van der Waals surface area contributed by atoms with Crippen LogP contribution >= 0.6 is 11.8 Å². The van der Waals surface area contributed by atoms with E-state index in [1.54, 1.807) is 0 Å². The van der Waals surface area contributed by atoms with Gasteiger partial charge in [-0.2, -0.15) is 0 Å². The second kappa shape index (κ2) is 9.60. The van der Waals surface area contributed by atoms with Crippen molar-refractivity contribution in [1.82, 2.24) is 14.8 Å². The molecular weight excluding hydrogens is 382 g/mol. The molecule has 7 heteroatoms. The Hall–Kier alpha value is -2.80. The largest absolute Gasteiger partial charge is 0.378 e. The summed E-state index contributed by atoms with van der Waals surface area (Å²) in [6.45, 7) is 9.57. The molecule has 0 saturated carbocycles. The molecule has 6 nitrogen and oxygen atoms in total. The Kier molecular flexibility index (Phi) is 6.93. The third-order valence-electron chi connectivity index (χ3n) is 4.56. The van der Waals surface area contributed by atoms with Crippen molar-refractivity contribution in [3.63, 3.8) is 0 Å². The van der Waals surface area contributed by atoms with Gasteiger partial charge in [0.05, 0.1) is 12.3 Å². The maximum absolute atomic E-state index is 12.3. The summed E-state index contributed by atoms with van der Waals surface area (Å²) in [6.07, 6.45) is 0. The number of amides is 1. The number of nitrogens with zero attached hydrogens (tertiary/aromatic N) is 3. The number of thioether (sulfide) groups is 1. The molecule has 152 valence electrons. The topological polar surface area (TPSA) is 71.8 Å². The number of hydrogen-bond acceptors (Lipinski definition) is 5. The van der Waals surface area contributed by atoms with Gasteiger partial charge in [0.1, 0.15) is 0 Å². The molecule has 0 saturated heterocycles. The third-order valence-corrected chi connectivity index (χ3v) is 5.53. The highest BCUT2D eigenvalue weighted by atomic mass is 32.2. The molecule has 0 spiro atoms. The molecular formula is C22H27N5OS. The van der Waals surface area contributed by atoms with Crippen LogP contribution in [0.3, 0.4) is 0 Å². The van der Waals surface area contributed by atoms with E-state index in [1.807, 2.05) is 35.8 Å². The van der Waals surface area contributed by atoms with E-state index in [1.165, 1.54) is 22.9 Å². The molecule has 1 aromatic heterocycles. The van der Waals surface area contributed by atoms with Crippen LogP contribution in [-0.4, -0.2) is 26.4 Å². The highest BCUT2D eigenvalue weighted by molar-refractivity contribution is 7.99. The van der Waals surface area contributed by atoms with Gasteiger partial charge < -0.3 is 15.2 Å². The van der Waals surface area contributed by atoms with Crippen LogP contribution in [0.15, 0.2) is 47.6 Å². The van der Waals surface area contributed by atoms with E-state index in [0.29, 0.717) is 6.54 Å². The Labute approximate surface area is 176 Å². The summed E-state index contributed by atoms with van der Waals surface area (Å²) in [5.41, 5.74) is 5.46. The monoisotopic (exact) mass is 409 g/mol. The standard InChI is InChI=1S/C22H27N5OS/c1-5-27-20(13-23-19-10-9-16(3)11-17(19)4)25-26-22(27)29-14-21(28)24-18-8-6-7-15(2)12-18/h6-12,23H,5,13-14H2,1-4H3,(H,24,28). The van der Waals surface area contributed by atoms with Crippen LogP contribution in [0, 0.1) is 20.8 Å². The normalized spacial score (nSPS) is 10.8. The number of nitrogens with one attached hydrogen (secondary N) is 2. The SMILES string of the molecule is CCn1c(CNc2ccc(C)cc2C)nnc1SCC(=O)Nc1cccc(C)c1. The van der Waals surface area contributed by atoms with E-state index in [-0.39, 0.29) is 11.7 Å². The Morgan fingerprint density at radius 1 is 1.07 bits per heavy atom. The minimum Gasteiger partial charge on any atom is -0.378 e. The summed E-state index contributed by atoms with van der Waals surface area (Å²) < 4.78 is 2.04. The summed E-state index contributed by atoms with van der Waals surface area (Å²) >= 11 is 1.40. The molecule has 0 bridgehead atoms. The highest BCUT2D eigenvalue weighted by Gasteiger charge is 2.13. The summed E-state index contributed by atoms with van der Waals surface area (Å²) in [5.74, 6) is 1.09. The fourth-order valence-electron chi connectivity index (χ4n) is 3.11.